The van der Waals surface area contributed by atoms with Crippen molar-refractivity contribution in [2.24, 2.45) is 23.7 Å². The third-order valence-electron chi connectivity index (χ3n) is 6.97. The molecule has 0 saturated carbocycles. The van der Waals surface area contributed by atoms with Crippen LogP contribution in [-0.2, 0) is 28.6 Å². The normalized spacial score (nSPS) is 43.3. The molecule has 2 rings (SSSR count). The van der Waals surface area contributed by atoms with Crippen molar-refractivity contribution in [1.29, 1.82) is 0 Å². The third kappa shape index (κ3) is 6.87. The van der Waals surface area contributed by atoms with Crippen LogP contribution in [0.25, 0.3) is 0 Å². The summed E-state index contributed by atoms with van der Waals surface area (Å²) in [4.78, 5) is 37.2. The van der Waals surface area contributed by atoms with Gasteiger partial charge in [0.15, 0.2) is 12.1 Å². The second-order valence-corrected chi connectivity index (χ2v) is 9.92. The van der Waals surface area contributed by atoms with Crippen LogP contribution in [0, 0.1) is 23.7 Å². The van der Waals surface area contributed by atoms with Gasteiger partial charge >= 0.3 is 5.97 Å². The zero-order valence-corrected chi connectivity index (χ0v) is 21.3. The average molecular weight is 484 g/mol. The highest BCUT2D eigenvalue weighted by Gasteiger charge is 2.46. The number of rotatable bonds is 4. The van der Waals surface area contributed by atoms with Gasteiger partial charge in [-0.15, -0.1) is 0 Å². The molecule has 2 unspecified atom stereocenters. The maximum Gasteiger partial charge on any atom is 0.311 e. The van der Waals surface area contributed by atoms with Crippen LogP contribution < -0.4 is 5.32 Å². The fourth-order valence-electron chi connectivity index (χ4n) is 4.77. The number of carbonyl (C=O) groups excluding carboxylic acids is 3. The smallest absolute Gasteiger partial charge is 0.311 e. The first-order chi connectivity index (χ1) is 15.9. The highest BCUT2D eigenvalue weighted by atomic mass is 16.7. The molecule has 3 N–H and O–H groups in total. The summed E-state index contributed by atoms with van der Waals surface area (Å²) in [7, 11) is 0. The number of esters is 1. The van der Waals surface area contributed by atoms with Gasteiger partial charge in [0.25, 0.3) is 0 Å². The molecule has 9 heteroatoms. The molecule has 0 aromatic heterocycles. The number of hydrogen-bond donors (Lipinski definition) is 3. The predicted octanol–water partition coefficient (Wildman–Crippen LogP) is 1.74. The Hall–Kier alpha value is -1.81. The minimum absolute atomic E-state index is 0.0111. The van der Waals surface area contributed by atoms with Gasteiger partial charge in [0, 0.05) is 18.8 Å². The van der Waals surface area contributed by atoms with Crippen LogP contribution in [0.5, 0.6) is 0 Å². The van der Waals surface area contributed by atoms with Crippen molar-refractivity contribution in [3.05, 3.63) is 12.2 Å². The summed E-state index contributed by atoms with van der Waals surface area (Å²) >= 11 is 0. The molecule has 0 aliphatic carbocycles. The molecule has 1 saturated heterocycles. The molecular weight excluding hydrogens is 442 g/mol. The van der Waals surface area contributed by atoms with Gasteiger partial charge in [0.2, 0.25) is 5.91 Å². The molecule has 0 aromatic rings. The number of aliphatic hydroxyl groups is 2. The summed E-state index contributed by atoms with van der Waals surface area (Å²) in [5.74, 6) is -2.19. The Bertz CT molecular complexity index is 755. The number of amides is 1. The van der Waals surface area contributed by atoms with E-state index in [2.05, 4.69) is 5.32 Å². The Kier molecular flexibility index (Phi) is 10.2. The van der Waals surface area contributed by atoms with Crippen LogP contribution >= 0.6 is 0 Å². The molecule has 194 valence electrons. The third-order valence-corrected chi connectivity index (χ3v) is 6.97. The maximum atomic E-state index is 13.1. The molecule has 0 bridgehead atoms. The Labute approximate surface area is 202 Å². The number of hydrogen-bond acceptors (Lipinski definition) is 8. The summed E-state index contributed by atoms with van der Waals surface area (Å²) in [5, 5.41) is 23.9. The minimum Gasteiger partial charge on any atom is -0.461 e. The monoisotopic (exact) mass is 483 g/mol. The second kappa shape index (κ2) is 12.2. The van der Waals surface area contributed by atoms with Crippen LogP contribution in [0.4, 0.5) is 0 Å². The maximum absolute atomic E-state index is 13.1. The number of ether oxygens (including phenoxy) is 3. The molecule has 2 heterocycles. The Balaban J connectivity index is 2.30. The highest BCUT2D eigenvalue weighted by molar-refractivity contribution is 5.91. The molecule has 2 aliphatic heterocycles. The zero-order valence-electron chi connectivity index (χ0n) is 21.3. The summed E-state index contributed by atoms with van der Waals surface area (Å²) in [6.07, 6.45) is -1.37. The Morgan fingerprint density at radius 1 is 1.15 bits per heavy atom. The fraction of sp³-hybridized carbons (Fsp3) is 0.800. The molecule has 11 atom stereocenters. The standard InChI is InChI=1S/C25H41NO8/c1-8-19-12(2)9-10-18(28)13(3)11-14(4)23(15(5)24(31)33-19)34-25-22(30)21(29)20(16(6)32-25)26-17(7)27/h9-10,12-16,19-23,25,29-30H,8,11H2,1-7H3,(H,26,27)/b10-9+/t12-,13-,14+,15-,16?,19-,20-,21?,22-,23+,25-/m1/s1. The molecule has 9 nitrogen and oxygen atoms in total. The lowest BCUT2D eigenvalue weighted by atomic mass is 9.84. The molecular formula is C25H41NO8. The molecule has 1 fully saturated rings. The summed E-state index contributed by atoms with van der Waals surface area (Å²) in [5.41, 5.74) is 0. The average Bonchev–Trinajstić information content (AvgIpc) is 2.78. The van der Waals surface area contributed by atoms with Gasteiger partial charge in [-0.25, -0.2) is 0 Å². The van der Waals surface area contributed by atoms with E-state index in [4.69, 9.17) is 14.2 Å². The lowest BCUT2D eigenvalue weighted by Gasteiger charge is -2.44. The second-order valence-electron chi connectivity index (χ2n) is 9.92. The lowest BCUT2D eigenvalue weighted by Crippen LogP contribution is -2.63. The molecule has 0 spiro atoms. The van der Waals surface area contributed by atoms with Crippen LogP contribution in [0.3, 0.4) is 0 Å². The fourth-order valence-corrected chi connectivity index (χ4v) is 4.77. The van der Waals surface area contributed by atoms with Crippen molar-refractivity contribution in [2.75, 3.05) is 0 Å². The van der Waals surface area contributed by atoms with Crippen LogP contribution in [0.1, 0.15) is 61.3 Å². The van der Waals surface area contributed by atoms with E-state index >= 15 is 0 Å². The first-order valence-electron chi connectivity index (χ1n) is 12.2. The molecule has 2 aliphatic rings. The number of ketones is 1. The van der Waals surface area contributed by atoms with Crippen molar-refractivity contribution in [3.63, 3.8) is 0 Å². The summed E-state index contributed by atoms with van der Waals surface area (Å²) in [6.45, 7) is 12.2. The minimum atomic E-state index is -1.45. The van der Waals surface area contributed by atoms with Gasteiger partial charge in [0.1, 0.15) is 18.3 Å². The largest absolute Gasteiger partial charge is 0.461 e. The predicted molar refractivity (Wildman–Crippen MR) is 124 cm³/mol. The van der Waals surface area contributed by atoms with E-state index in [-0.39, 0.29) is 35.5 Å². The van der Waals surface area contributed by atoms with E-state index in [0.29, 0.717) is 12.8 Å². The SMILES string of the molecule is CC[C@H]1OC(=O)[C@H](C)[C@@H](O[C@H]2OC(C)[C@@H](NC(C)=O)C(O)[C@H]2O)[C@@H](C)C[C@@H](C)C(=O)/C=C/[C@H]1C. The van der Waals surface area contributed by atoms with Crippen molar-refractivity contribution in [2.45, 2.75) is 104 Å². The van der Waals surface area contributed by atoms with Crippen LogP contribution in [-0.4, -0.2) is 70.7 Å². The molecule has 1 amide bonds. The number of aliphatic hydroxyl groups excluding tert-OH is 2. The van der Waals surface area contributed by atoms with E-state index in [1.165, 1.54) is 6.92 Å². The van der Waals surface area contributed by atoms with E-state index in [1.54, 1.807) is 26.0 Å². The summed E-state index contributed by atoms with van der Waals surface area (Å²) in [6, 6.07) is -0.806. The van der Waals surface area contributed by atoms with E-state index in [1.807, 2.05) is 27.7 Å². The molecule has 34 heavy (non-hydrogen) atoms. The van der Waals surface area contributed by atoms with Gasteiger partial charge < -0.3 is 29.7 Å². The van der Waals surface area contributed by atoms with Gasteiger partial charge in [0.05, 0.1) is 24.2 Å². The van der Waals surface area contributed by atoms with E-state index in [0.717, 1.165) is 0 Å². The Morgan fingerprint density at radius 2 is 1.79 bits per heavy atom. The highest BCUT2D eigenvalue weighted by Crippen LogP contribution is 2.31. The quantitative estimate of drug-likeness (QED) is 0.515. The Morgan fingerprint density at radius 3 is 2.38 bits per heavy atom. The number of cyclic esters (lactones) is 1. The van der Waals surface area contributed by atoms with E-state index in [9.17, 15) is 24.6 Å². The van der Waals surface area contributed by atoms with Gasteiger partial charge in [-0.05, 0) is 38.7 Å². The number of nitrogens with one attached hydrogen (secondary N) is 1. The number of carbonyl (C=O) groups is 3. The van der Waals surface area contributed by atoms with Crippen LogP contribution in [0.2, 0.25) is 0 Å². The van der Waals surface area contributed by atoms with E-state index < -0.39 is 48.6 Å². The van der Waals surface area contributed by atoms with Crippen molar-refractivity contribution >= 4 is 17.7 Å². The number of allylic oxidation sites excluding steroid dienone is 1. The molecule has 0 radical (unpaired) electrons. The van der Waals surface area contributed by atoms with Gasteiger partial charge in [-0.3, -0.25) is 14.4 Å². The lowest BCUT2D eigenvalue weighted by molar-refractivity contribution is -0.294. The first kappa shape index (κ1) is 28.4. The van der Waals surface area contributed by atoms with Crippen molar-refractivity contribution < 1.29 is 38.8 Å². The molecule has 0 aromatic carbocycles. The van der Waals surface area contributed by atoms with Gasteiger partial charge in [-0.1, -0.05) is 33.8 Å². The zero-order chi connectivity index (χ0) is 25.7. The van der Waals surface area contributed by atoms with Crippen molar-refractivity contribution in [1.82, 2.24) is 5.32 Å². The topological polar surface area (TPSA) is 131 Å². The summed E-state index contributed by atoms with van der Waals surface area (Å²) < 4.78 is 17.7. The first-order valence-corrected chi connectivity index (χ1v) is 12.2. The van der Waals surface area contributed by atoms with Gasteiger partial charge in [-0.2, -0.15) is 0 Å². The van der Waals surface area contributed by atoms with Crippen LogP contribution in [0.15, 0.2) is 12.2 Å². The van der Waals surface area contributed by atoms with Crippen molar-refractivity contribution in [3.8, 4) is 0 Å².